The molecule has 50 heavy (non-hydrogen) atoms. The summed E-state index contributed by atoms with van der Waals surface area (Å²) in [4.78, 5) is 25.7. The summed E-state index contributed by atoms with van der Waals surface area (Å²) < 4.78 is 30.5. The Labute approximate surface area is 296 Å². The fourth-order valence-corrected chi connectivity index (χ4v) is 5.85. The molecular formula is C40H38ClFN4O4. The van der Waals surface area contributed by atoms with E-state index >= 15 is 0 Å². The smallest absolute Gasteiger partial charge is 0.246 e. The van der Waals surface area contributed by atoms with Gasteiger partial charge in [0, 0.05) is 69.2 Å². The van der Waals surface area contributed by atoms with Gasteiger partial charge in [0.15, 0.2) is 5.75 Å². The lowest BCUT2D eigenvalue weighted by Crippen LogP contribution is -2.47. The van der Waals surface area contributed by atoms with E-state index in [1.54, 1.807) is 61.1 Å². The van der Waals surface area contributed by atoms with Gasteiger partial charge < -0.3 is 19.1 Å². The molecule has 0 aliphatic carbocycles. The van der Waals surface area contributed by atoms with Crippen molar-refractivity contribution in [1.29, 1.82) is 0 Å². The highest BCUT2D eigenvalue weighted by Crippen LogP contribution is 2.34. The van der Waals surface area contributed by atoms with Crippen molar-refractivity contribution in [2.45, 2.75) is 26.5 Å². The Hall–Kier alpha value is -5.25. The molecule has 10 heteroatoms. The third kappa shape index (κ3) is 9.90. The summed E-state index contributed by atoms with van der Waals surface area (Å²) in [6.45, 7) is 6.58. The van der Waals surface area contributed by atoms with Crippen LogP contribution in [0.15, 0.2) is 110 Å². The van der Waals surface area contributed by atoms with Gasteiger partial charge in [-0.2, -0.15) is 0 Å². The van der Waals surface area contributed by atoms with Crippen LogP contribution in [0.5, 0.6) is 23.1 Å². The molecule has 0 atom stereocenters. The molecule has 0 radical (unpaired) electrons. The molecule has 1 aliphatic rings. The second kappa shape index (κ2) is 16.9. The van der Waals surface area contributed by atoms with Gasteiger partial charge in [-0.3, -0.25) is 14.7 Å². The quantitative estimate of drug-likeness (QED) is 0.116. The first kappa shape index (κ1) is 34.6. The number of nitrogens with zero attached hydrogens (tertiary/aromatic N) is 4. The van der Waals surface area contributed by atoms with E-state index in [4.69, 9.17) is 25.8 Å². The monoisotopic (exact) mass is 692 g/mol. The van der Waals surface area contributed by atoms with E-state index in [0.717, 1.165) is 42.7 Å². The van der Waals surface area contributed by atoms with Crippen molar-refractivity contribution >= 4 is 23.6 Å². The van der Waals surface area contributed by atoms with E-state index < -0.39 is 0 Å². The van der Waals surface area contributed by atoms with Gasteiger partial charge in [-0.1, -0.05) is 41.9 Å². The zero-order valence-electron chi connectivity index (χ0n) is 27.8. The number of piperazine rings is 1. The third-order valence-electron chi connectivity index (χ3n) is 8.30. The molecule has 6 rings (SSSR count). The number of benzene rings is 3. The summed E-state index contributed by atoms with van der Waals surface area (Å²) in [5.41, 5.74) is 5.01. The number of amides is 1. The molecule has 256 valence electrons. The minimum Gasteiger partial charge on any atom is -0.493 e. The first-order valence-electron chi connectivity index (χ1n) is 16.5. The van der Waals surface area contributed by atoms with Crippen LogP contribution in [0.3, 0.4) is 0 Å². The van der Waals surface area contributed by atoms with Crippen molar-refractivity contribution in [2.24, 2.45) is 0 Å². The van der Waals surface area contributed by atoms with Crippen LogP contribution in [0.4, 0.5) is 4.39 Å². The molecule has 1 aliphatic heterocycles. The number of halogens is 2. The molecule has 5 aromatic rings. The fraction of sp³-hybridized carbons (Fsp3) is 0.225. The lowest BCUT2D eigenvalue weighted by Gasteiger charge is -2.34. The van der Waals surface area contributed by atoms with Crippen LogP contribution >= 0.6 is 11.6 Å². The Morgan fingerprint density at radius 3 is 2.34 bits per heavy atom. The van der Waals surface area contributed by atoms with Crippen LogP contribution in [-0.4, -0.2) is 58.5 Å². The van der Waals surface area contributed by atoms with Crippen LogP contribution < -0.4 is 14.2 Å². The van der Waals surface area contributed by atoms with E-state index in [1.807, 2.05) is 30.0 Å². The van der Waals surface area contributed by atoms with Gasteiger partial charge in [0.2, 0.25) is 11.8 Å². The normalized spacial score (nSPS) is 13.4. The number of hydrogen-bond acceptors (Lipinski definition) is 7. The standard InChI is InChI=1S/C40H38ClFN4O4/c1-29-23-32(24-37(41)40(29)50-38-14-13-36(26-44-38)49-28-33-3-2-17-43-25-33)8-15-39(47)46-20-18-45(19-21-46)27-31-6-4-30(5-7-31)16-22-48-35-11-9-34(42)10-12-35/h2-15,17,23-26H,16,18-22,27-28H2,1H3. The predicted molar refractivity (Wildman–Crippen MR) is 192 cm³/mol. The summed E-state index contributed by atoms with van der Waals surface area (Å²) in [6, 6.07) is 25.6. The summed E-state index contributed by atoms with van der Waals surface area (Å²) in [5.74, 6) is 1.88. The highest BCUT2D eigenvalue weighted by atomic mass is 35.5. The number of rotatable bonds is 13. The third-order valence-corrected chi connectivity index (χ3v) is 8.58. The van der Waals surface area contributed by atoms with Crippen LogP contribution in [-0.2, 0) is 24.4 Å². The number of aromatic nitrogens is 2. The van der Waals surface area contributed by atoms with Gasteiger partial charge in [0.05, 0.1) is 17.8 Å². The molecule has 0 spiro atoms. The van der Waals surface area contributed by atoms with Gasteiger partial charge in [0.25, 0.3) is 0 Å². The molecular weight excluding hydrogens is 655 g/mol. The molecule has 0 bridgehead atoms. The Balaban J connectivity index is 0.933. The lowest BCUT2D eigenvalue weighted by atomic mass is 10.1. The molecule has 1 amide bonds. The van der Waals surface area contributed by atoms with E-state index in [2.05, 4.69) is 39.1 Å². The predicted octanol–water partition coefficient (Wildman–Crippen LogP) is 7.93. The molecule has 3 heterocycles. The van der Waals surface area contributed by atoms with E-state index in [0.29, 0.717) is 54.5 Å². The van der Waals surface area contributed by atoms with Crippen molar-refractivity contribution in [1.82, 2.24) is 19.8 Å². The number of pyridine rings is 2. The maximum atomic E-state index is 13.1. The van der Waals surface area contributed by atoms with Gasteiger partial charge in [-0.05, 0) is 83.8 Å². The number of carbonyl (C=O) groups is 1. The Kier molecular flexibility index (Phi) is 11.7. The minimum atomic E-state index is -0.273. The minimum absolute atomic E-state index is 0.0269. The van der Waals surface area contributed by atoms with E-state index in [-0.39, 0.29) is 11.7 Å². The van der Waals surface area contributed by atoms with Crippen LogP contribution in [0.2, 0.25) is 5.02 Å². The van der Waals surface area contributed by atoms with E-state index in [9.17, 15) is 9.18 Å². The topological polar surface area (TPSA) is 77.0 Å². The Bertz CT molecular complexity index is 1860. The average Bonchev–Trinajstić information content (AvgIpc) is 3.14. The summed E-state index contributed by atoms with van der Waals surface area (Å²) in [6.07, 6.45) is 9.24. The molecule has 0 saturated carbocycles. The SMILES string of the molecule is Cc1cc(C=CC(=O)N2CCN(Cc3ccc(CCOc4ccc(F)cc4)cc3)CC2)cc(Cl)c1Oc1ccc(OCc2cccnc2)cn1. The molecule has 0 N–H and O–H groups in total. The first-order chi connectivity index (χ1) is 24.4. The van der Waals surface area contributed by atoms with Crippen LogP contribution in [0.1, 0.15) is 27.8 Å². The molecule has 3 aromatic carbocycles. The second-order valence-electron chi connectivity index (χ2n) is 12.0. The maximum absolute atomic E-state index is 13.1. The molecule has 1 saturated heterocycles. The molecule has 2 aromatic heterocycles. The Morgan fingerprint density at radius 2 is 1.64 bits per heavy atom. The summed E-state index contributed by atoms with van der Waals surface area (Å²) in [5, 5.41) is 0.427. The van der Waals surface area contributed by atoms with Crippen molar-refractivity contribution in [2.75, 3.05) is 32.8 Å². The van der Waals surface area contributed by atoms with Crippen molar-refractivity contribution < 1.29 is 23.4 Å². The fourth-order valence-electron chi connectivity index (χ4n) is 5.54. The summed E-state index contributed by atoms with van der Waals surface area (Å²) in [7, 11) is 0. The van der Waals surface area contributed by atoms with Gasteiger partial charge >= 0.3 is 0 Å². The largest absolute Gasteiger partial charge is 0.493 e. The zero-order valence-corrected chi connectivity index (χ0v) is 28.6. The lowest BCUT2D eigenvalue weighted by molar-refractivity contribution is -0.127. The van der Waals surface area contributed by atoms with Gasteiger partial charge in [-0.25, -0.2) is 9.37 Å². The molecule has 0 unspecified atom stereocenters. The number of ether oxygens (including phenoxy) is 3. The average molecular weight is 693 g/mol. The van der Waals surface area contributed by atoms with Crippen LogP contribution in [0, 0.1) is 12.7 Å². The van der Waals surface area contributed by atoms with Gasteiger partial charge in [0.1, 0.15) is 23.9 Å². The second-order valence-corrected chi connectivity index (χ2v) is 12.4. The Morgan fingerprint density at radius 1 is 0.880 bits per heavy atom. The maximum Gasteiger partial charge on any atom is 0.246 e. The number of carbonyl (C=O) groups excluding carboxylic acids is 1. The summed E-state index contributed by atoms with van der Waals surface area (Å²) >= 11 is 6.60. The first-order valence-corrected chi connectivity index (χ1v) is 16.9. The highest BCUT2D eigenvalue weighted by molar-refractivity contribution is 6.32. The van der Waals surface area contributed by atoms with Crippen molar-refractivity contribution in [3.8, 4) is 23.1 Å². The number of aryl methyl sites for hydroxylation is 1. The molecule has 1 fully saturated rings. The zero-order chi connectivity index (χ0) is 34.7. The van der Waals surface area contributed by atoms with Crippen molar-refractivity contribution in [3.05, 3.63) is 148 Å². The number of hydrogen-bond donors (Lipinski definition) is 0. The van der Waals surface area contributed by atoms with Gasteiger partial charge in [-0.15, -0.1) is 0 Å². The molecule has 8 nitrogen and oxygen atoms in total. The van der Waals surface area contributed by atoms with Crippen LogP contribution in [0.25, 0.3) is 6.08 Å². The van der Waals surface area contributed by atoms with E-state index in [1.165, 1.54) is 23.3 Å². The van der Waals surface area contributed by atoms with Crippen molar-refractivity contribution in [3.63, 3.8) is 0 Å². The highest BCUT2D eigenvalue weighted by Gasteiger charge is 2.20.